The highest BCUT2D eigenvalue weighted by molar-refractivity contribution is 6.09. The second kappa shape index (κ2) is 5.72. The van der Waals surface area contributed by atoms with Crippen molar-refractivity contribution >= 4 is 5.78 Å². The molecule has 2 aromatic carbocycles. The van der Waals surface area contributed by atoms with Gasteiger partial charge >= 0.3 is 0 Å². The van der Waals surface area contributed by atoms with Gasteiger partial charge in [-0.05, 0) is 48.1 Å². The largest absolute Gasteiger partial charge is 0.493 e. The molecule has 3 rings (SSSR count). The molecule has 2 heteroatoms. The molecule has 0 N–H and O–H groups in total. The zero-order valence-corrected chi connectivity index (χ0v) is 12.6. The molecule has 0 saturated carbocycles. The third kappa shape index (κ3) is 2.85. The molecule has 1 aliphatic heterocycles. The summed E-state index contributed by atoms with van der Waals surface area (Å²) in [6.45, 7) is 5.08. The number of fused-ring (bicyclic) bond motifs is 1. The lowest BCUT2D eigenvalue weighted by molar-refractivity contribution is 0.103. The topological polar surface area (TPSA) is 26.3 Å². The molecule has 0 unspecified atom stereocenters. The number of ether oxygens (including phenoxy) is 1. The van der Waals surface area contributed by atoms with Crippen molar-refractivity contribution in [3.63, 3.8) is 0 Å². The van der Waals surface area contributed by atoms with Crippen LogP contribution in [0.25, 0.3) is 0 Å². The molecule has 2 aromatic rings. The Morgan fingerprint density at radius 2 is 1.76 bits per heavy atom. The van der Waals surface area contributed by atoms with E-state index in [2.05, 4.69) is 13.8 Å². The van der Waals surface area contributed by atoms with Gasteiger partial charge in [-0.3, -0.25) is 4.79 Å². The monoisotopic (exact) mass is 280 g/mol. The molecule has 1 heterocycles. The van der Waals surface area contributed by atoms with Gasteiger partial charge in [-0.25, -0.2) is 0 Å². The second-order valence-electron chi connectivity index (χ2n) is 5.88. The fourth-order valence-corrected chi connectivity index (χ4v) is 2.69. The van der Waals surface area contributed by atoms with E-state index in [-0.39, 0.29) is 5.78 Å². The lowest BCUT2D eigenvalue weighted by atomic mass is 9.96. The minimum absolute atomic E-state index is 0.0821. The molecule has 0 fully saturated rings. The molecule has 1 aliphatic rings. The Labute approximate surface area is 125 Å². The van der Waals surface area contributed by atoms with Crippen LogP contribution in [-0.2, 0) is 6.42 Å². The van der Waals surface area contributed by atoms with Crippen molar-refractivity contribution in [1.29, 1.82) is 0 Å². The first-order valence-electron chi connectivity index (χ1n) is 7.55. The molecule has 21 heavy (non-hydrogen) atoms. The van der Waals surface area contributed by atoms with Crippen LogP contribution in [0.2, 0.25) is 0 Å². The van der Waals surface area contributed by atoms with Crippen molar-refractivity contribution in [3.8, 4) is 5.75 Å². The molecule has 2 nitrogen and oxygen atoms in total. The van der Waals surface area contributed by atoms with Crippen LogP contribution in [0.15, 0.2) is 42.5 Å². The molecule has 108 valence electrons. The first-order chi connectivity index (χ1) is 10.1. The number of ketones is 1. The molecule has 0 spiro atoms. The molecular formula is C19H20O2. The summed E-state index contributed by atoms with van der Waals surface area (Å²) in [7, 11) is 0. The van der Waals surface area contributed by atoms with Crippen LogP contribution in [0.3, 0.4) is 0 Å². The number of aryl methyl sites for hydroxylation is 1. The highest BCUT2D eigenvalue weighted by atomic mass is 16.5. The van der Waals surface area contributed by atoms with Crippen molar-refractivity contribution in [1.82, 2.24) is 0 Å². The number of carbonyl (C=O) groups is 1. The van der Waals surface area contributed by atoms with Crippen LogP contribution >= 0.6 is 0 Å². The van der Waals surface area contributed by atoms with Gasteiger partial charge in [-0.15, -0.1) is 0 Å². The summed E-state index contributed by atoms with van der Waals surface area (Å²) in [6, 6.07) is 13.7. The number of hydrogen-bond acceptors (Lipinski definition) is 2. The fraction of sp³-hybridized carbons (Fsp3) is 0.316. The summed E-state index contributed by atoms with van der Waals surface area (Å²) < 4.78 is 5.59. The maximum Gasteiger partial charge on any atom is 0.193 e. The smallest absolute Gasteiger partial charge is 0.193 e. The van der Waals surface area contributed by atoms with E-state index in [1.807, 2.05) is 42.5 Å². The normalized spacial score (nSPS) is 13.7. The van der Waals surface area contributed by atoms with Crippen molar-refractivity contribution in [3.05, 3.63) is 64.7 Å². The van der Waals surface area contributed by atoms with Gasteiger partial charge in [0.1, 0.15) is 5.75 Å². The second-order valence-corrected chi connectivity index (χ2v) is 5.88. The van der Waals surface area contributed by atoms with E-state index < -0.39 is 0 Å². The average Bonchev–Trinajstić information content (AvgIpc) is 2.54. The van der Waals surface area contributed by atoms with E-state index in [4.69, 9.17) is 4.74 Å². The number of benzene rings is 2. The summed E-state index contributed by atoms with van der Waals surface area (Å²) in [5.74, 6) is 1.49. The summed E-state index contributed by atoms with van der Waals surface area (Å²) in [4.78, 5) is 12.6. The predicted octanol–water partition coefficient (Wildman–Crippen LogP) is 4.37. The Morgan fingerprint density at radius 3 is 2.48 bits per heavy atom. The Bertz CT molecular complexity index is 654. The van der Waals surface area contributed by atoms with Crippen molar-refractivity contribution in [2.24, 2.45) is 0 Å². The van der Waals surface area contributed by atoms with E-state index in [1.165, 1.54) is 5.56 Å². The molecular weight excluding hydrogens is 260 g/mol. The zero-order valence-electron chi connectivity index (χ0n) is 12.6. The maximum absolute atomic E-state index is 12.6. The third-order valence-electron chi connectivity index (χ3n) is 4.01. The first-order valence-corrected chi connectivity index (χ1v) is 7.55. The lowest BCUT2D eigenvalue weighted by Crippen LogP contribution is -2.10. The highest BCUT2D eigenvalue weighted by Crippen LogP contribution is 2.26. The maximum atomic E-state index is 12.6. The standard InChI is InChI=1S/C19H20O2/c1-13(2)14-5-7-15(8-6-14)19(20)17-9-10-18-16(12-17)4-3-11-21-18/h5-10,12-13H,3-4,11H2,1-2H3. The van der Waals surface area contributed by atoms with E-state index >= 15 is 0 Å². The van der Waals surface area contributed by atoms with Crippen molar-refractivity contribution in [2.45, 2.75) is 32.6 Å². The average molecular weight is 280 g/mol. The SMILES string of the molecule is CC(C)c1ccc(C(=O)c2ccc3c(c2)CCCO3)cc1. The van der Waals surface area contributed by atoms with E-state index in [9.17, 15) is 4.79 Å². The molecule has 0 saturated heterocycles. The molecule has 0 amide bonds. The van der Waals surface area contributed by atoms with E-state index in [0.717, 1.165) is 41.9 Å². The summed E-state index contributed by atoms with van der Waals surface area (Å²) >= 11 is 0. The molecule has 0 bridgehead atoms. The van der Waals surface area contributed by atoms with E-state index in [1.54, 1.807) is 0 Å². The molecule has 0 aromatic heterocycles. The summed E-state index contributed by atoms with van der Waals surface area (Å²) in [5.41, 5.74) is 3.89. The minimum Gasteiger partial charge on any atom is -0.493 e. The van der Waals surface area contributed by atoms with Crippen molar-refractivity contribution < 1.29 is 9.53 Å². The molecule has 0 aliphatic carbocycles. The Morgan fingerprint density at radius 1 is 1.05 bits per heavy atom. The van der Waals surface area contributed by atoms with Crippen LogP contribution < -0.4 is 4.74 Å². The molecule has 0 atom stereocenters. The van der Waals surface area contributed by atoms with Gasteiger partial charge in [0.25, 0.3) is 0 Å². The number of rotatable bonds is 3. The van der Waals surface area contributed by atoms with Crippen LogP contribution in [0.4, 0.5) is 0 Å². The van der Waals surface area contributed by atoms with Crippen LogP contribution in [-0.4, -0.2) is 12.4 Å². The van der Waals surface area contributed by atoms with Gasteiger partial charge in [0, 0.05) is 11.1 Å². The number of hydrogen-bond donors (Lipinski definition) is 0. The summed E-state index contributed by atoms with van der Waals surface area (Å²) in [5, 5.41) is 0. The Balaban J connectivity index is 1.87. The summed E-state index contributed by atoms with van der Waals surface area (Å²) in [6.07, 6.45) is 2.01. The quantitative estimate of drug-likeness (QED) is 0.781. The van der Waals surface area contributed by atoms with Crippen molar-refractivity contribution in [2.75, 3.05) is 6.61 Å². The fourth-order valence-electron chi connectivity index (χ4n) is 2.69. The van der Waals surface area contributed by atoms with Gasteiger partial charge in [-0.1, -0.05) is 38.1 Å². The third-order valence-corrected chi connectivity index (χ3v) is 4.01. The van der Waals surface area contributed by atoms with Gasteiger partial charge in [0.15, 0.2) is 5.78 Å². The Hall–Kier alpha value is -2.09. The van der Waals surface area contributed by atoms with Crippen LogP contribution in [0.1, 0.15) is 53.2 Å². The van der Waals surface area contributed by atoms with Gasteiger partial charge in [0.05, 0.1) is 6.61 Å². The van der Waals surface area contributed by atoms with Gasteiger partial charge in [0.2, 0.25) is 0 Å². The first kappa shape index (κ1) is 13.9. The Kier molecular flexibility index (Phi) is 3.78. The van der Waals surface area contributed by atoms with Crippen LogP contribution in [0.5, 0.6) is 5.75 Å². The highest BCUT2D eigenvalue weighted by Gasteiger charge is 2.15. The molecule has 0 radical (unpaired) electrons. The number of carbonyl (C=O) groups excluding carboxylic acids is 1. The van der Waals surface area contributed by atoms with E-state index in [0.29, 0.717) is 5.92 Å². The van der Waals surface area contributed by atoms with Gasteiger partial charge in [-0.2, -0.15) is 0 Å². The lowest BCUT2D eigenvalue weighted by Gasteiger charge is -2.17. The van der Waals surface area contributed by atoms with Gasteiger partial charge < -0.3 is 4.74 Å². The van der Waals surface area contributed by atoms with Crippen LogP contribution in [0, 0.1) is 0 Å². The minimum atomic E-state index is 0.0821. The predicted molar refractivity (Wildman–Crippen MR) is 84.2 cm³/mol. The zero-order chi connectivity index (χ0) is 14.8.